The molecule has 156 valence electrons. The van der Waals surface area contributed by atoms with E-state index >= 15 is 0 Å². The summed E-state index contributed by atoms with van der Waals surface area (Å²) in [6.45, 7) is 1.49. The molecule has 0 saturated carbocycles. The third-order valence-corrected chi connectivity index (χ3v) is 4.55. The molecule has 0 bridgehead atoms. The van der Waals surface area contributed by atoms with E-state index in [1.807, 2.05) is 6.07 Å². The van der Waals surface area contributed by atoms with E-state index in [0.717, 1.165) is 24.3 Å². The van der Waals surface area contributed by atoms with E-state index in [2.05, 4.69) is 15.2 Å². The van der Waals surface area contributed by atoms with Crippen LogP contribution in [0.1, 0.15) is 17.3 Å². The number of aromatic nitrogens is 2. The summed E-state index contributed by atoms with van der Waals surface area (Å²) in [5, 5.41) is 17.9. The van der Waals surface area contributed by atoms with Gasteiger partial charge in [-0.3, -0.25) is 9.48 Å². The zero-order valence-electron chi connectivity index (χ0n) is 15.3. The van der Waals surface area contributed by atoms with Crippen molar-refractivity contribution in [3.63, 3.8) is 0 Å². The van der Waals surface area contributed by atoms with Crippen LogP contribution < -0.4 is 10.1 Å². The van der Waals surface area contributed by atoms with Crippen LogP contribution in [0, 0.1) is 11.3 Å². The lowest BCUT2D eigenvalue weighted by Gasteiger charge is -2.23. The highest BCUT2D eigenvalue weighted by Crippen LogP contribution is 2.27. The van der Waals surface area contributed by atoms with Gasteiger partial charge in [-0.25, -0.2) is 0 Å². The first-order valence-electron chi connectivity index (χ1n) is 8.40. The molecule has 0 radical (unpaired) electrons. The van der Waals surface area contributed by atoms with E-state index in [1.54, 1.807) is 18.3 Å². The first-order chi connectivity index (χ1) is 14.0. The van der Waals surface area contributed by atoms with Crippen LogP contribution in [0.5, 0.6) is 5.75 Å². The molecule has 0 aliphatic carbocycles. The molecule has 30 heavy (non-hydrogen) atoms. The van der Waals surface area contributed by atoms with Crippen LogP contribution in [0.15, 0.2) is 42.6 Å². The van der Waals surface area contributed by atoms with Gasteiger partial charge in [0.15, 0.2) is 0 Å². The lowest BCUT2D eigenvalue weighted by molar-refractivity contribution is -0.274. The minimum atomic E-state index is -4.83. The van der Waals surface area contributed by atoms with E-state index in [9.17, 15) is 23.2 Å². The van der Waals surface area contributed by atoms with Crippen LogP contribution in [0.3, 0.4) is 0 Å². The number of fused-ring (bicyclic) bond motifs is 1. The first kappa shape index (κ1) is 21.7. The summed E-state index contributed by atoms with van der Waals surface area (Å²) in [6, 6.07) is 9.58. The second kappa shape index (κ2) is 8.05. The number of alkyl halides is 3. The Morgan fingerprint density at radius 3 is 2.53 bits per heavy atom. The number of ether oxygens (including phenoxy) is 1. The number of nitrogens with one attached hydrogen (secondary N) is 1. The molecule has 6 nitrogen and oxygen atoms in total. The van der Waals surface area contributed by atoms with Gasteiger partial charge in [0.25, 0.3) is 5.91 Å². The summed E-state index contributed by atoms with van der Waals surface area (Å²) in [6.07, 6.45) is -3.19. The second-order valence-electron chi connectivity index (χ2n) is 6.62. The van der Waals surface area contributed by atoms with Gasteiger partial charge in [-0.1, -0.05) is 23.2 Å². The lowest BCUT2D eigenvalue weighted by atomic mass is 10.0. The van der Waals surface area contributed by atoms with Gasteiger partial charge in [0, 0.05) is 22.2 Å². The fourth-order valence-corrected chi connectivity index (χ4v) is 3.29. The highest BCUT2D eigenvalue weighted by atomic mass is 35.5. The number of nitrogens with zero attached hydrogens (tertiary/aromatic N) is 3. The van der Waals surface area contributed by atoms with Gasteiger partial charge in [-0.05, 0) is 43.3 Å². The number of carbonyl (C=O) groups excluding carboxylic acids is 1. The standard InChI is InChI=1S/C19H13Cl2F3N4O2/c1-18(9-25,10-28-8-12-6-13(20)7-15(21)16(12)27-28)26-17(29)11-2-4-14(5-3-11)30-19(22,23)24/h2-8H,10H2,1H3,(H,26,29). The summed E-state index contributed by atoms with van der Waals surface area (Å²) in [5.74, 6) is -1.10. The first-order valence-corrected chi connectivity index (χ1v) is 9.15. The predicted molar refractivity (Wildman–Crippen MR) is 104 cm³/mol. The molecule has 1 heterocycles. The molecule has 2 aromatic carbocycles. The van der Waals surface area contributed by atoms with Crippen molar-refractivity contribution < 1.29 is 22.7 Å². The maximum absolute atomic E-state index is 12.5. The summed E-state index contributed by atoms with van der Waals surface area (Å²) >= 11 is 12.1. The highest BCUT2D eigenvalue weighted by Gasteiger charge is 2.31. The Morgan fingerprint density at radius 2 is 1.93 bits per heavy atom. The minimum Gasteiger partial charge on any atom is -0.406 e. The monoisotopic (exact) mass is 456 g/mol. The van der Waals surface area contributed by atoms with Crippen LogP contribution >= 0.6 is 23.2 Å². The molecule has 1 N–H and O–H groups in total. The highest BCUT2D eigenvalue weighted by molar-refractivity contribution is 6.38. The number of hydrogen-bond donors (Lipinski definition) is 1. The molecular weight excluding hydrogens is 444 g/mol. The molecule has 11 heteroatoms. The number of nitriles is 1. The third-order valence-electron chi connectivity index (χ3n) is 4.04. The normalized spacial score (nSPS) is 13.5. The molecule has 0 spiro atoms. The Labute approximate surface area is 178 Å². The van der Waals surface area contributed by atoms with Gasteiger partial charge in [-0.15, -0.1) is 13.2 Å². The predicted octanol–water partition coefficient (Wildman–Crippen LogP) is 4.95. The molecule has 1 unspecified atom stereocenters. The van der Waals surface area contributed by atoms with Crippen molar-refractivity contribution in [2.45, 2.75) is 25.4 Å². The zero-order valence-corrected chi connectivity index (χ0v) is 16.8. The van der Waals surface area contributed by atoms with E-state index in [-0.39, 0.29) is 12.1 Å². The Balaban J connectivity index is 1.76. The van der Waals surface area contributed by atoms with Crippen LogP contribution in [0.2, 0.25) is 10.0 Å². The third kappa shape index (κ3) is 5.14. The van der Waals surface area contributed by atoms with E-state index < -0.39 is 23.6 Å². The van der Waals surface area contributed by atoms with Crippen molar-refractivity contribution in [2.75, 3.05) is 0 Å². The van der Waals surface area contributed by atoms with E-state index in [4.69, 9.17) is 23.2 Å². The number of halogens is 5. The van der Waals surface area contributed by atoms with E-state index in [1.165, 1.54) is 11.6 Å². The van der Waals surface area contributed by atoms with Crippen LogP contribution in [0.4, 0.5) is 13.2 Å². The average Bonchev–Trinajstić information content (AvgIpc) is 3.03. The summed E-state index contributed by atoms with van der Waals surface area (Å²) in [7, 11) is 0. The number of rotatable bonds is 5. The van der Waals surface area contributed by atoms with Gasteiger partial charge in [0.05, 0.1) is 17.6 Å². The molecular formula is C19H13Cl2F3N4O2. The fraction of sp³-hybridized carbons (Fsp3) is 0.211. The molecule has 0 saturated heterocycles. The van der Waals surface area contributed by atoms with Crippen LogP contribution in [0.25, 0.3) is 10.9 Å². The van der Waals surface area contributed by atoms with Crippen LogP contribution in [-0.2, 0) is 6.54 Å². The molecule has 1 atom stereocenters. The van der Waals surface area contributed by atoms with Gasteiger partial charge in [-0.2, -0.15) is 10.4 Å². The molecule has 0 aliphatic heterocycles. The summed E-state index contributed by atoms with van der Waals surface area (Å²) in [4.78, 5) is 12.5. The minimum absolute atomic E-state index is 0.00681. The topological polar surface area (TPSA) is 79.9 Å². The van der Waals surface area contributed by atoms with Gasteiger partial charge in [0.2, 0.25) is 0 Å². The van der Waals surface area contributed by atoms with Gasteiger partial charge >= 0.3 is 6.36 Å². The summed E-state index contributed by atoms with van der Waals surface area (Å²) < 4.78 is 41.9. The van der Waals surface area contributed by atoms with Crippen molar-refractivity contribution in [2.24, 2.45) is 0 Å². The summed E-state index contributed by atoms with van der Waals surface area (Å²) in [5.41, 5.74) is -0.810. The fourth-order valence-electron chi connectivity index (χ4n) is 2.75. The smallest absolute Gasteiger partial charge is 0.406 e. The number of carbonyl (C=O) groups is 1. The van der Waals surface area contributed by atoms with Gasteiger partial charge in [0.1, 0.15) is 16.8 Å². The lowest BCUT2D eigenvalue weighted by Crippen LogP contribution is -2.48. The second-order valence-corrected chi connectivity index (χ2v) is 7.47. The molecule has 0 fully saturated rings. The quantitative estimate of drug-likeness (QED) is 0.588. The molecule has 1 amide bonds. The average molecular weight is 457 g/mol. The Hall–Kier alpha value is -2.96. The van der Waals surface area contributed by atoms with Crippen molar-refractivity contribution in [1.82, 2.24) is 15.1 Å². The molecule has 0 aliphatic rings. The van der Waals surface area contributed by atoms with Crippen molar-refractivity contribution >= 4 is 40.0 Å². The number of benzene rings is 2. The van der Waals surface area contributed by atoms with Crippen molar-refractivity contribution in [1.29, 1.82) is 5.26 Å². The van der Waals surface area contributed by atoms with Crippen molar-refractivity contribution in [3.05, 3.63) is 58.2 Å². The van der Waals surface area contributed by atoms with Gasteiger partial charge < -0.3 is 10.1 Å². The zero-order chi connectivity index (χ0) is 22.1. The van der Waals surface area contributed by atoms with E-state index in [0.29, 0.717) is 20.9 Å². The SMILES string of the molecule is CC(C#N)(Cn1cc2cc(Cl)cc(Cl)c2n1)NC(=O)c1ccc(OC(F)(F)F)cc1. The Morgan fingerprint density at radius 1 is 1.27 bits per heavy atom. The molecule has 3 rings (SSSR count). The number of hydrogen-bond acceptors (Lipinski definition) is 4. The maximum Gasteiger partial charge on any atom is 0.573 e. The Bertz CT molecular complexity index is 1140. The largest absolute Gasteiger partial charge is 0.573 e. The maximum atomic E-state index is 12.5. The Kier molecular flexibility index (Phi) is 5.83. The number of amides is 1. The molecule has 1 aromatic heterocycles. The van der Waals surface area contributed by atoms with Crippen LogP contribution in [-0.4, -0.2) is 27.6 Å². The molecule has 3 aromatic rings. The van der Waals surface area contributed by atoms with Crippen molar-refractivity contribution in [3.8, 4) is 11.8 Å².